The molecule has 1 amide bonds. The van der Waals surface area contributed by atoms with Crippen molar-refractivity contribution < 1.29 is 28.9 Å². The van der Waals surface area contributed by atoms with Crippen molar-refractivity contribution in [2.75, 3.05) is 45.8 Å². The Kier molecular flexibility index (Phi) is 8.71. The number of rotatable bonds is 8. The molecule has 0 aromatic heterocycles. The lowest BCUT2D eigenvalue weighted by Crippen LogP contribution is -2.48. The molecule has 8 nitrogen and oxygen atoms in total. The number of piperidine rings is 1. The summed E-state index contributed by atoms with van der Waals surface area (Å²) in [6, 6.07) is 13.4. The molecular formula is C30H40FN3O5. The highest BCUT2D eigenvalue weighted by Crippen LogP contribution is 2.31. The number of ether oxygens (including phenoxy) is 2. The lowest BCUT2D eigenvalue weighted by molar-refractivity contribution is 0.00720. The Morgan fingerprint density at radius 3 is 2.62 bits per heavy atom. The number of hydrogen-bond donors (Lipinski definition) is 2. The third-order valence-electron chi connectivity index (χ3n) is 7.76. The average molecular weight is 542 g/mol. The fourth-order valence-electron chi connectivity index (χ4n) is 5.94. The van der Waals surface area contributed by atoms with Gasteiger partial charge in [0.05, 0.1) is 24.3 Å². The number of benzene rings is 2. The fourth-order valence-corrected chi connectivity index (χ4v) is 5.94. The predicted molar refractivity (Wildman–Crippen MR) is 146 cm³/mol. The van der Waals surface area contributed by atoms with Crippen molar-refractivity contribution in [3.05, 3.63) is 59.2 Å². The molecule has 3 heterocycles. The summed E-state index contributed by atoms with van der Waals surface area (Å²) < 4.78 is 26.9. The van der Waals surface area contributed by atoms with Crippen LogP contribution in [-0.2, 0) is 13.0 Å². The van der Waals surface area contributed by atoms with Crippen molar-refractivity contribution in [3.8, 4) is 11.5 Å². The van der Waals surface area contributed by atoms with Crippen LogP contribution in [0.3, 0.4) is 0 Å². The van der Waals surface area contributed by atoms with E-state index in [1.807, 2.05) is 17.9 Å². The van der Waals surface area contributed by atoms with Gasteiger partial charge in [0.25, 0.3) is 5.91 Å². The second kappa shape index (κ2) is 12.2. The van der Waals surface area contributed by atoms with Gasteiger partial charge in [-0.25, -0.2) is 4.39 Å². The van der Waals surface area contributed by atoms with Gasteiger partial charge >= 0.3 is 0 Å². The number of aliphatic hydroxyl groups excluding tert-OH is 2. The van der Waals surface area contributed by atoms with E-state index in [-0.39, 0.29) is 25.1 Å². The van der Waals surface area contributed by atoms with E-state index in [4.69, 9.17) is 9.47 Å². The summed E-state index contributed by atoms with van der Waals surface area (Å²) >= 11 is 0. The molecule has 1 saturated heterocycles. The number of β-amino-alcohol motifs (C(OH)–C–C–N with tert-alkyl or cyclic N) is 2. The van der Waals surface area contributed by atoms with Crippen molar-refractivity contribution in [3.63, 3.8) is 0 Å². The third-order valence-corrected chi connectivity index (χ3v) is 7.76. The van der Waals surface area contributed by atoms with Crippen LogP contribution in [0.4, 0.5) is 4.39 Å². The highest BCUT2D eigenvalue weighted by Gasteiger charge is 2.33. The number of hydrogen-bond acceptors (Lipinski definition) is 7. The van der Waals surface area contributed by atoms with Gasteiger partial charge in [0.1, 0.15) is 29.9 Å². The standard InChI is InChI=1S/C30H40FN3O5/c1-20(35)14-32-12-10-28(27(31)19-32)39-25-7-8-26-29(13-25)38-21(2)15-34(30(26)37)18-24(36)17-33-11-9-22-5-3-4-6-23(22)16-33/h3-8,13,20-21,24,27-28,35-36H,9-12,14-19H2,1-2H3/t20?,21?,24-,27-,28-/m1/s1. The Bertz CT molecular complexity index is 1150. The van der Waals surface area contributed by atoms with Crippen molar-refractivity contribution >= 4 is 5.91 Å². The monoisotopic (exact) mass is 541 g/mol. The molecular weight excluding hydrogens is 501 g/mol. The van der Waals surface area contributed by atoms with Gasteiger partial charge in [0, 0.05) is 51.9 Å². The Labute approximate surface area is 229 Å². The molecule has 3 aliphatic heterocycles. The smallest absolute Gasteiger partial charge is 0.257 e. The molecule has 2 unspecified atom stereocenters. The van der Waals surface area contributed by atoms with E-state index in [1.165, 1.54) is 11.1 Å². The number of amides is 1. The molecule has 0 radical (unpaired) electrons. The zero-order chi connectivity index (χ0) is 27.5. The number of carbonyl (C=O) groups is 1. The molecule has 0 bridgehead atoms. The molecule has 2 aromatic carbocycles. The summed E-state index contributed by atoms with van der Waals surface area (Å²) in [6.45, 7) is 7.65. The SMILES string of the molecule is CC(O)CN1CC[C@@H](Oc2ccc3c(c2)OC(C)CN(C[C@H](O)CN2CCc4ccccc4C2)C3=O)[C@H](F)C1. The molecule has 9 heteroatoms. The van der Waals surface area contributed by atoms with E-state index >= 15 is 0 Å². The lowest BCUT2D eigenvalue weighted by atomic mass is 10.00. The van der Waals surface area contributed by atoms with E-state index < -0.39 is 24.5 Å². The van der Waals surface area contributed by atoms with Gasteiger partial charge in [0.2, 0.25) is 0 Å². The highest BCUT2D eigenvalue weighted by atomic mass is 19.1. The minimum atomic E-state index is -1.18. The Balaban J connectivity index is 1.20. The zero-order valence-corrected chi connectivity index (χ0v) is 22.8. The third kappa shape index (κ3) is 6.90. The minimum Gasteiger partial charge on any atom is -0.488 e. The molecule has 3 aliphatic rings. The van der Waals surface area contributed by atoms with Crippen LogP contribution in [0.15, 0.2) is 42.5 Å². The van der Waals surface area contributed by atoms with Crippen molar-refractivity contribution in [2.45, 2.75) is 63.8 Å². The van der Waals surface area contributed by atoms with Crippen LogP contribution >= 0.6 is 0 Å². The van der Waals surface area contributed by atoms with E-state index in [0.29, 0.717) is 49.7 Å². The van der Waals surface area contributed by atoms with Crippen LogP contribution in [0, 0.1) is 0 Å². The second-order valence-electron chi connectivity index (χ2n) is 11.3. The molecule has 2 N–H and O–H groups in total. The fraction of sp³-hybridized carbons (Fsp3) is 0.567. The summed E-state index contributed by atoms with van der Waals surface area (Å²) in [6.07, 6.45) is -1.77. The van der Waals surface area contributed by atoms with Gasteiger partial charge in [-0.2, -0.15) is 0 Å². The second-order valence-corrected chi connectivity index (χ2v) is 11.3. The summed E-state index contributed by atoms with van der Waals surface area (Å²) in [5.74, 6) is 0.680. The number of nitrogens with zero attached hydrogens (tertiary/aromatic N) is 3. The molecule has 2 aromatic rings. The Morgan fingerprint density at radius 1 is 1.05 bits per heavy atom. The molecule has 5 rings (SSSR count). The number of likely N-dealkylation sites (tertiary alicyclic amines) is 1. The predicted octanol–water partition coefficient (Wildman–Crippen LogP) is 2.50. The van der Waals surface area contributed by atoms with Crippen LogP contribution in [0.2, 0.25) is 0 Å². The highest BCUT2D eigenvalue weighted by molar-refractivity contribution is 5.97. The first-order valence-electron chi connectivity index (χ1n) is 14.0. The zero-order valence-electron chi connectivity index (χ0n) is 22.8. The minimum absolute atomic E-state index is 0.196. The summed E-state index contributed by atoms with van der Waals surface area (Å²) in [5.41, 5.74) is 3.07. The van der Waals surface area contributed by atoms with E-state index in [2.05, 4.69) is 23.1 Å². The Morgan fingerprint density at radius 2 is 1.85 bits per heavy atom. The number of carbonyl (C=O) groups excluding carboxylic acids is 1. The maximum Gasteiger partial charge on any atom is 0.257 e. The summed E-state index contributed by atoms with van der Waals surface area (Å²) in [5, 5.41) is 20.5. The first-order chi connectivity index (χ1) is 18.7. The maximum atomic E-state index is 14.8. The topological polar surface area (TPSA) is 85.7 Å². The van der Waals surface area contributed by atoms with Crippen molar-refractivity contribution in [2.24, 2.45) is 0 Å². The van der Waals surface area contributed by atoms with Crippen molar-refractivity contribution in [1.82, 2.24) is 14.7 Å². The first-order valence-corrected chi connectivity index (χ1v) is 14.0. The van der Waals surface area contributed by atoms with Gasteiger partial charge in [-0.15, -0.1) is 0 Å². The van der Waals surface area contributed by atoms with Gasteiger partial charge in [0.15, 0.2) is 0 Å². The molecule has 1 fully saturated rings. The van der Waals surface area contributed by atoms with E-state index in [1.54, 1.807) is 30.0 Å². The molecule has 0 aliphatic carbocycles. The van der Waals surface area contributed by atoms with Crippen LogP contribution in [-0.4, -0.2) is 107 Å². The van der Waals surface area contributed by atoms with Gasteiger partial charge in [-0.1, -0.05) is 24.3 Å². The van der Waals surface area contributed by atoms with Crippen molar-refractivity contribution in [1.29, 1.82) is 0 Å². The number of alkyl halides is 1. The Hall–Kier alpha value is -2.72. The first kappa shape index (κ1) is 27.8. The van der Waals surface area contributed by atoms with Gasteiger partial charge < -0.3 is 24.6 Å². The summed E-state index contributed by atoms with van der Waals surface area (Å²) in [7, 11) is 0. The number of fused-ring (bicyclic) bond motifs is 2. The molecule has 5 atom stereocenters. The lowest BCUT2D eigenvalue weighted by Gasteiger charge is -2.35. The molecule has 0 saturated carbocycles. The number of aliphatic hydroxyl groups is 2. The number of halogens is 1. The quantitative estimate of drug-likeness (QED) is 0.531. The molecule has 212 valence electrons. The maximum absolute atomic E-state index is 14.8. The normalized spacial score (nSPS) is 25.7. The van der Waals surface area contributed by atoms with Crippen LogP contribution < -0.4 is 9.47 Å². The van der Waals surface area contributed by atoms with Gasteiger partial charge in [-0.3, -0.25) is 14.6 Å². The van der Waals surface area contributed by atoms with Gasteiger partial charge in [-0.05, 0) is 49.9 Å². The van der Waals surface area contributed by atoms with E-state index in [0.717, 1.165) is 19.5 Å². The average Bonchev–Trinajstić information content (AvgIpc) is 3.00. The van der Waals surface area contributed by atoms with Crippen LogP contribution in [0.5, 0.6) is 11.5 Å². The van der Waals surface area contributed by atoms with Crippen LogP contribution in [0.25, 0.3) is 0 Å². The molecule has 0 spiro atoms. The largest absolute Gasteiger partial charge is 0.488 e. The molecule has 39 heavy (non-hydrogen) atoms. The van der Waals surface area contributed by atoms with E-state index in [9.17, 15) is 19.4 Å². The summed E-state index contributed by atoms with van der Waals surface area (Å²) in [4.78, 5) is 19.2. The van der Waals surface area contributed by atoms with Crippen LogP contribution in [0.1, 0.15) is 41.8 Å².